The standard InChI is InChI=1S/C15H15NO3/c17-10-16(11-18)14-8-6-13(7-9-14)15(19)12-4-2-1-3-5-12/h1-9,17-18H,10-11H2. The van der Waals surface area contributed by atoms with Crippen molar-refractivity contribution in [1.29, 1.82) is 0 Å². The molecule has 2 N–H and O–H groups in total. The minimum Gasteiger partial charge on any atom is -0.376 e. The van der Waals surface area contributed by atoms with Crippen LogP contribution in [0.3, 0.4) is 0 Å². The summed E-state index contributed by atoms with van der Waals surface area (Å²) in [5.41, 5.74) is 1.87. The van der Waals surface area contributed by atoms with Crippen molar-refractivity contribution in [1.82, 2.24) is 0 Å². The fourth-order valence-electron chi connectivity index (χ4n) is 1.79. The van der Waals surface area contributed by atoms with Crippen LogP contribution in [0.5, 0.6) is 0 Å². The highest BCUT2D eigenvalue weighted by Crippen LogP contribution is 2.16. The van der Waals surface area contributed by atoms with Crippen molar-refractivity contribution in [3.05, 3.63) is 65.7 Å². The van der Waals surface area contributed by atoms with Gasteiger partial charge in [0.2, 0.25) is 0 Å². The lowest BCUT2D eigenvalue weighted by atomic mass is 10.0. The molecular weight excluding hydrogens is 242 g/mol. The SMILES string of the molecule is O=C(c1ccccc1)c1ccc(N(CO)CO)cc1. The molecule has 0 radical (unpaired) electrons. The molecule has 0 aliphatic rings. The van der Waals surface area contributed by atoms with Crippen LogP contribution < -0.4 is 4.90 Å². The first-order valence-electron chi connectivity index (χ1n) is 5.92. The summed E-state index contributed by atoms with van der Waals surface area (Å²) in [4.78, 5) is 13.5. The number of benzene rings is 2. The molecule has 2 aromatic rings. The molecule has 2 rings (SSSR count). The average Bonchev–Trinajstić information content (AvgIpc) is 2.49. The molecule has 0 atom stereocenters. The molecule has 0 unspecified atom stereocenters. The van der Waals surface area contributed by atoms with E-state index in [0.29, 0.717) is 16.8 Å². The van der Waals surface area contributed by atoms with Crippen molar-refractivity contribution < 1.29 is 15.0 Å². The van der Waals surface area contributed by atoms with Crippen molar-refractivity contribution in [3.63, 3.8) is 0 Å². The highest BCUT2D eigenvalue weighted by atomic mass is 16.3. The van der Waals surface area contributed by atoms with Gasteiger partial charge in [-0.05, 0) is 24.3 Å². The van der Waals surface area contributed by atoms with Gasteiger partial charge in [0.25, 0.3) is 0 Å². The maximum atomic E-state index is 12.2. The Kier molecular flexibility index (Phi) is 4.28. The molecule has 0 heterocycles. The third-order valence-electron chi connectivity index (χ3n) is 2.87. The second-order valence-corrected chi connectivity index (χ2v) is 4.06. The summed E-state index contributed by atoms with van der Waals surface area (Å²) in [7, 11) is 0. The van der Waals surface area contributed by atoms with Crippen LogP contribution in [0, 0.1) is 0 Å². The molecule has 0 aliphatic carbocycles. The summed E-state index contributed by atoms with van der Waals surface area (Å²) in [6.45, 7) is -0.551. The lowest BCUT2D eigenvalue weighted by Crippen LogP contribution is -2.24. The average molecular weight is 257 g/mol. The van der Waals surface area contributed by atoms with Crippen LogP contribution in [0.2, 0.25) is 0 Å². The van der Waals surface area contributed by atoms with Crippen LogP contribution in [-0.2, 0) is 0 Å². The Morgan fingerprint density at radius 3 is 1.89 bits per heavy atom. The van der Waals surface area contributed by atoms with Gasteiger partial charge in [0.15, 0.2) is 5.78 Å². The van der Waals surface area contributed by atoms with E-state index in [1.54, 1.807) is 36.4 Å². The fraction of sp³-hybridized carbons (Fsp3) is 0.133. The molecule has 0 aromatic heterocycles. The van der Waals surface area contributed by atoms with E-state index in [1.165, 1.54) is 4.90 Å². The predicted octanol–water partition coefficient (Wildman–Crippen LogP) is 1.62. The molecule has 0 aliphatic heterocycles. The van der Waals surface area contributed by atoms with Gasteiger partial charge in [0, 0.05) is 16.8 Å². The maximum absolute atomic E-state index is 12.2. The third-order valence-corrected chi connectivity index (χ3v) is 2.87. The number of hydrogen-bond acceptors (Lipinski definition) is 4. The zero-order valence-electron chi connectivity index (χ0n) is 10.4. The van der Waals surface area contributed by atoms with E-state index in [1.807, 2.05) is 18.2 Å². The van der Waals surface area contributed by atoms with Crippen LogP contribution in [0.15, 0.2) is 54.6 Å². The summed E-state index contributed by atoms with van der Waals surface area (Å²) >= 11 is 0. The Labute approximate surface area is 111 Å². The van der Waals surface area contributed by atoms with Crippen molar-refractivity contribution in [2.45, 2.75) is 0 Å². The number of ketones is 1. The normalized spacial score (nSPS) is 10.2. The molecule has 0 amide bonds. The second-order valence-electron chi connectivity index (χ2n) is 4.06. The Bertz CT molecular complexity index is 533. The summed E-state index contributed by atoms with van der Waals surface area (Å²) in [6, 6.07) is 15.8. The monoisotopic (exact) mass is 257 g/mol. The van der Waals surface area contributed by atoms with Crippen molar-refractivity contribution in [2.24, 2.45) is 0 Å². The maximum Gasteiger partial charge on any atom is 0.193 e. The van der Waals surface area contributed by atoms with Gasteiger partial charge in [-0.15, -0.1) is 0 Å². The number of nitrogens with zero attached hydrogens (tertiary/aromatic N) is 1. The van der Waals surface area contributed by atoms with E-state index in [-0.39, 0.29) is 19.2 Å². The molecular formula is C15H15NO3. The van der Waals surface area contributed by atoms with Gasteiger partial charge in [-0.2, -0.15) is 0 Å². The summed E-state index contributed by atoms with van der Waals surface area (Å²) < 4.78 is 0. The number of rotatable bonds is 5. The number of aliphatic hydroxyl groups excluding tert-OH is 2. The van der Waals surface area contributed by atoms with Crippen LogP contribution in [-0.4, -0.2) is 29.5 Å². The number of aliphatic hydroxyl groups is 2. The first kappa shape index (κ1) is 13.3. The van der Waals surface area contributed by atoms with Crippen LogP contribution in [0.25, 0.3) is 0 Å². The van der Waals surface area contributed by atoms with E-state index in [2.05, 4.69) is 0 Å². The summed E-state index contributed by atoms with van der Waals surface area (Å²) in [5, 5.41) is 18.1. The first-order chi connectivity index (χ1) is 9.26. The van der Waals surface area contributed by atoms with Gasteiger partial charge in [0.05, 0.1) is 0 Å². The van der Waals surface area contributed by atoms with Gasteiger partial charge in [-0.3, -0.25) is 4.79 Å². The van der Waals surface area contributed by atoms with E-state index < -0.39 is 0 Å². The predicted molar refractivity (Wildman–Crippen MR) is 73.0 cm³/mol. The molecule has 19 heavy (non-hydrogen) atoms. The molecule has 0 saturated heterocycles. The largest absolute Gasteiger partial charge is 0.376 e. The number of carbonyl (C=O) groups excluding carboxylic acids is 1. The molecule has 0 bridgehead atoms. The molecule has 0 spiro atoms. The Hall–Kier alpha value is -2.17. The second kappa shape index (κ2) is 6.13. The minimum atomic E-state index is -0.275. The Balaban J connectivity index is 2.21. The van der Waals surface area contributed by atoms with Gasteiger partial charge in [-0.1, -0.05) is 30.3 Å². The van der Waals surface area contributed by atoms with Gasteiger partial charge in [-0.25, -0.2) is 0 Å². The van der Waals surface area contributed by atoms with Crippen LogP contribution >= 0.6 is 0 Å². The Morgan fingerprint density at radius 1 is 0.842 bits per heavy atom. The van der Waals surface area contributed by atoms with Crippen LogP contribution in [0.4, 0.5) is 5.69 Å². The summed E-state index contributed by atoms with van der Waals surface area (Å²) in [5.74, 6) is -0.0494. The van der Waals surface area contributed by atoms with Crippen LogP contribution in [0.1, 0.15) is 15.9 Å². The molecule has 0 fully saturated rings. The van der Waals surface area contributed by atoms with Gasteiger partial charge >= 0.3 is 0 Å². The van der Waals surface area contributed by atoms with E-state index in [9.17, 15) is 4.79 Å². The zero-order chi connectivity index (χ0) is 13.7. The molecule has 4 heteroatoms. The lowest BCUT2D eigenvalue weighted by molar-refractivity contribution is 0.103. The van der Waals surface area contributed by atoms with Crippen molar-refractivity contribution in [3.8, 4) is 0 Å². The topological polar surface area (TPSA) is 60.8 Å². The van der Waals surface area contributed by atoms with Crippen molar-refractivity contribution >= 4 is 11.5 Å². The molecule has 4 nitrogen and oxygen atoms in total. The zero-order valence-corrected chi connectivity index (χ0v) is 10.4. The van der Waals surface area contributed by atoms with Gasteiger partial charge in [0.1, 0.15) is 13.5 Å². The molecule has 98 valence electrons. The van der Waals surface area contributed by atoms with E-state index in [4.69, 9.17) is 10.2 Å². The summed E-state index contributed by atoms with van der Waals surface area (Å²) in [6.07, 6.45) is 0. The van der Waals surface area contributed by atoms with Gasteiger partial charge < -0.3 is 15.1 Å². The molecule has 0 saturated carbocycles. The minimum absolute atomic E-state index is 0.0494. The van der Waals surface area contributed by atoms with E-state index in [0.717, 1.165) is 0 Å². The number of carbonyl (C=O) groups is 1. The number of anilines is 1. The van der Waals surface area contributed by atoms with E-state index >= 15 is 0 Å². The third kappa shape index (κ3) is 2.99. The highest BCUT2D eigenvalue weighted by molar-refractivity contribution is 6.09. The first-order valence-corrected chi connectivity index (χ1v) is 5.92. The molecule has 2 aromatic carbocycles. The fourth-order valence-corrected chi connectivity index (χ4v) is 1.79. The lowest BCUT2D eigenvalue weighted by Gasteiger charge is -2.18. The smallest absolute Gasteiger partial charge is 0.193 e. The highest BCUT2D eigenvalue weighted by Gasteiger charge is 2.09. The number of hydrogen-bond donors (Lipinski definition) is 2. The quantitative estimate of drug-likeness (QED) is 0.631. The van der Waals surface area contributed by atoms with Crippen molar-refractivity contribution in [2.75, 3.05) is 18.4 Å². The Morgan fingerprint density at radius 2 is 1.37 bits per heavy atom.